The Morgan fingerprint density at radius 3 is 2.25 bits per heavy atom. The summed E-state index contributed by atoms with van der Waals surface area (Å²) < 4.78 is 28.0. The number of amides is 2. The lowest BCUT2D eigenvalue weighted by molar-refractivity contribution is 0.176. The smallest absolute Gasteiger partial charge is 0.319 e. The molecule has 1 aliphatic heterocycles. The molecule has 0 bridgehead atoms. The highest BCUT2D eigenvalue weighted by molar-refractivity contribution is 7.91. The molecular formula is C20H25N3O4S. The van der Waals surface area contributed by atoms with Gasteiger partial charge in [0.15, 0.2) is 9.84 Å². The second-order valence-electron chi connectivity index (χ2n) is 7.00. The minimum atomic E-state index is -2.94. The largest absolute Gasteiger partial charge is 0.497 e. The summed E-state index contributed by atoms with van der Waals surface area (Å²) in [7, 11) is -1.33. The third-order valence-corrected chi connectivity index (χ3v) is 6.27. The monoisotopic (exact) mass is 403 g/mol. The van der Waals surface area contributed by atoms with Crippen LogP contribution in [0.4, 0.5) is 10.5 Å². The maximum Gasteiger partial charge on any atom is 0.319 e. The zero-order valence-corrected chi connectivity index (χ0v) is 16.8. The topological polar surface area (TPSA) is 87.7 Å². The number of carbonyl (C=O) groups is 1. The Labute approximate surface area is 165 Å². The number of anilines is 1. The van der Waals surface area contributed by atoms with Gasteiger partial charge in [-0.05, 0) is 35.4 Å². The molecule has 2 aromatic rings. The van der Waals surface area contributed by atoms with Gasteiger partial charge in [-0.3, -0.25) is 4.90 Å². The molecule has 1 saturated heterocycles. The number of urea groups is 1. The number of hydrogen-bond donors (Lipinski definition) is 2. The molecule has 0 aromatic heterocycles. The minimum Gasteiger partial charge on any atom is -0.497 e. The molecule has 150 valence electrons. The number of sulfone groups is 1. The van der Waals surface area contributed by atoms with Gasteiger partial charge in [-0.2, -0.15) is 0 Å². The van der Waals surface area contributed by atoms with Crippen LogP contribution >= 0.6 is 0 Å². The van der Waals surface area contributed by atoms with Crippen molar-refractivity contribution in [2.24, 2.45) is 0 Å². The zero-order chi connectivity index (χ0) is 20.1. The Morgan fingerprint density at radius 2 is 1.68 bits per heavy atom. The van der Waals surface area contributed by atoms with Gasteiger partial charge in [-0.1, -0.05) is 24.3 Å². The number of ether oxygens (including phenoxy) is 1. The number of carbonyl (C=O) groups excluding carboxylic acids is 1. The average Bonchev–Trinajstić information content (AvgIpc) is 2.63. The van der Waals surface area contributed by atoms with Gasteiger partial charge in [0.25, 0.3) is 0 Å². The van der Waals surface area contributed by atoms with Gasteiger partial charge < -0.3 is 15.4 Å². The number of nitrogens with zero attached hydrogens (tertiary/aromatic N) is 1. The highest BCUT2D eigenvalue weighted by atomic mass is 32.2. The number of rotatable bonds is 7. The van der Waals surface area contributed by atoms with Crippen molar-refractivity contribution in [3.63, 3.8) is 0 Å². The fraction of sp³-hybridized carbons (Fsp3) is 0.350. The number of hydrogen-bond acceptors (Lipinski definition) is 5. The molecule has 28 heavy (non-hydrogen) atoms. The first-order valence-electron chi connectivity index (χ1n) is 9.01. The Bertz CT molecular complexity index is 905. The molecule has 2 aromatic carbocycles. The van der Waals surface area contributed by atoms with Crippen molar-refractivity contribution in [3.05, 3.63) is 59.7 Å². The Morgan fingerprint density at radius 1 is 1.07 bits per heavy atom. The van der Waals surface area contributed by atoms with Crippen LogP contribution in [0.1, 0.15) is 11.1 Å². The van der Waals surface area contributed by atoms with E-state index in [9.17, 15) is 13.2 Å². The van der Waals surface area contributed by atoms with Crippen LogP contribution in [0.2, 0.25) is 0 Å². The molecule has 2 amide bonds. The quantitative estimate of drug-likeness (QED) is 0.740. The first-order valence-corrected chi connectivity index (χ1v) is 11.0. The minimum absolute atomic E-state index is 0.247. The van der Waals surface area contributed by atoms with Gasteiger partial charge in [0, 0.05) is 38.1 Å². The van der Waals surface area contributed by atoms with Gasteiger partial charge in [0.05, 0.1) is 12.4 Å². The van der Waals surface area contributed by atoms with Crippen LogP contribution in [-0.2, 0) is 22.9 Å². The molecule has 2 N–H and O–H groups in total. The standard InChI is InChI=1S/C20H25N3O4S/c1-27-18-9-5-15(6-10-18)11-21-20(24)22-17-7-3-16(4-8-17)12-23-13-19(14-23)28(2,25)26/h3-10,19H,11-14H2,1-2H3,(H2,21,22,24). The lowest BCUT2D eigenvalue weighted by Gasteiger charge is -2.37. The molecule has 0 unspecified atom stereocenters. The third-order valence-electron chi connectivity index (χ3n) is 4.76. The van der Waals surface area contributed by atoms with Crippen LogP contribution in [0, 0.1) is 0 Å². The lowest BCUT2D eigenvalue weighted by Crippen LogP contribution is -2.53. The molecule has 8 heteroatoms. The predicted molar refractivity (Wildman–Crippen MR) is 109 cm³/mol. The summed E-state index contributed by atoms with van der Waals surface area (Å²) in [5, 5.41) is 5.37. The number of likely N-dealkylation sites (tertiary alicyclic amines) is 1. The lowest BCUT2D eigenvalue weighted by atomic mass is 10.1. The molecule has 0 spiro atoms. The highest BCUT2D eigenvalue weighted by Gasteiger charge is 2.34. The van der Waals surface area contributed by atoms with Crippen LogP contribution in [0.15, 0.2) is 48.5 Å². The predicted octanol–water partition coefficient (Wildman–Crippen LogP) is 2.25. The maximum absolute atomic E-state index is 12.0. The average molecular weight is 404 g/mol. The van der Waals surface area contributed by atoms with Crippen LogP contribution in [-0.4, -0.2) is 51.1 Å². The summed E-state index contributed by atoms with van der Waals surface area (Å²) in [6.45, 7) is 2.28. The Balaban J connectivity index is 1.43. The van der Waals surface area contributed by atoms with E-state index in [0.29, 0.717) is 31.9 Å². The van der Waals surface area contributed by atoms with Crippen LogP contribution in [0.25, 0.3) is 0 Å². The first kappa shape index (κ1) is 20.2. The van der Waals surface area contributed by atoms with Crippen molar-refractivity contribution in [3.8, 4) is 5.75 Å². The molecule has 3 rings (SSSR count). The fourth-order valence-corrected chi connectivity index (χ4v) is 3.94. The second kappa shape index (κ2) is 8.62. The Hall–Kier alpha value is -2.58. The van der Waals surface area contributed by atoms with E-state index in [0.717, 1.165) is 16.9 Å². The van der Waals surface area contributed by atoms with E-state index in [1.165, 1.54) is 6.26 Å². The molecule has 0 atom stereocenters. The fourth-order valence-electron chi connectivity index (χ4n) is 2.98. The first-order chi connectivity index (χ1) is 13.3. The van der Waals surface area contributed by atoms with Crippen molar-refractivity contribution in [2.45, 2.75) is 18.3 Å². The van der Waals surface area contributed by atoms with E-state index in [1.54, 1.807) is 7.11 Å². The number of benzene rings is 2. The summed E-state index contributed by atoms with van der Waals surface area (Å²) >= 11 is 0. The highest BCUT2D eigenvalue weighted by Crippen LogP contribution is 2.19. The van der Waals surface area contributed by atoms with E-state index in [1.807, 2.05) is 48.5 Å². The number of nitrogens with one attached hydrogen (secondary N) is 2. The zero-order valence-electron chi connectivity index (χ0n) is 16.0. The van der Waals surface area contributed by atoms with Crippen molar-refractivity contribution in [1.82, 2.24) is 10.2 Å². The van der Waals surface area contributed by atoms with Crippen molar-refractivity contribution >= 4 is 21.6 Å². The summed E-state index contributed by atoms with van der Waals surface area (Å²) in [5.74, 6) is 0.776. The van der Waals surface area contributed by atoms with Crippen molar-refractivity contribution < 1.29 is 17.9 Å². The summed E-state index contributed by atoms with van der Waals surface area (Å²) in [4.78, 5) is 14.1. The summed E-state index contributed by atoms with van der Waals surface area (Å²) in [6, 6.07) is 14.8. The van der Waals surface area contributed by atoms with E-state index < -0.39 is 9.84 Å². The molecule has 7 nitrogen and oxygen atoms in total. The van der Waals surface area contributed by atoms with E-state index in [4.69, 9.17) is 4.74 Å². The van der Waals surface area contributed by atoms with Gasteiger partial charge in [-0.15, -0.1) is 0 Å². The van der Waals surface area contributed by atoms with Gasteiger partial charge in [0.2, 0.25) is 0 Å². The molecule has 0 radical (unpaired) electrons. The van der Waals surface area contributed by atoms with Gasteiger partial charge in [0.1, 0.15) is 5.75 Å². The van der Waals surface area contributed by atoms with E-state index in [-0.39, 0.29) is 11.3 Å². The van der Waals surface area contributed by atoms with Crippen molar-refractivity contribution in [2.75, 3.05) is 31.8 Å². The molecule has 1 fully saturated rings. The molecule has 1 aliphatic rings. The number of methoxy groups -OCH3 is 1. The van der Waals surface area contributed by atoms with Gasteiger partial charge >= 0.3 is 6.03 Å². The summed E-state index contributed by atoms with van der Waals surface area (Å²) in [6.07, 6.45) is 1.29. The molecule has 0 saturated carbocycles. The second-order valence-corrected chi connectivity index (χ2v) is 9.32. The maximum atomic E-state index is 12.0. The normalized spacial score (nSPS) is 14.9. The SMILES string of the molecule is COc1ccc(CNC(=O)Nc2ccc(CN3CC(S(C)(=O)=O)C3)cc2)cc1. The van der Waals surface area contributed by atoms with Crippen LogP contribution in [0.3, 0.4) is 0 Å². The van der Waals surface area contributed by atoms with E-state index in [2.05, 4.69) is 15.5 Å². The van der Waals surface area contributed by atoms with Gasteiger partial charge in [-0.25, -0.2) is 13.2 Å². The van der Waals surface area contributed by atoms with Crippen LogP contribution < -0.4 is 15.4 Å². The molecule has 1 heterocycles. The third kappa shape index (κ3) is 5.46. The van der Waals surface area contributed by atoms with Crippen LogP contribution in [0.5, 0.6) is 5.75 Å². The molecular weight excluding hydrogens is 378 g/mol. The summed E-state index contributed by atoms with van der Waals surface area (Å²) in [5.41, 5.74) is 2.76. The molecule has 0 aliphatic carbocycles. The Kier molecular flexibility index (Phi) is 6.21. The van der Waals surface area contributed by atoms with Crippen molar-refractivity contribution in [1.29, 1.82) is 0 Å². The van der Waals surface area contributed by atoms with E-state index >= 15 is 0 Å².